The summed E-state index contributed by atoms with van der Waals surface area (Å²) < 4.78 is 2.98. The summed E-state index contributed by atoms with van der Waals surface area (Å²) in [6.45, 7) is 7.23. The highest BCUT2D eigenvalue weighted by Gasteiger charge is 2.26. The minimum atomic E-state index is -0.484. The van der Waals surface area contributed by atoms with Gasteiger partial charge in [-0.1, -0.05) is 48.0 Å². The van der Waals surface area contributed by atoms with Crippen molar-refractivity contribution >= 4 is 15.9 Å². The van der Waals surface area contributed by atoms with E-state index in [1.54, 1.807) is 6.33 Å². The third kappa shape index (κ3) is 3.46. The quantitative estimate of drug-likeness (QED) is 0.912. The average molecular weight is 337 g/mol. The molecule has 0 bridgehead atoms. The summed E-state index contributed by atoms with van der Waals surface area (Å²) in [5.74, 6) is 1.46. The smallest absolute Gasteiger partial charge is 0.138 e. The molecular formula is C15H21BrN4. The van der Waals surface area contributed by atoms with Crippen molar-refractivity contribution in [1.82, 2.24) is 14.8 Å². The molecule has 0 spiro atoms. The molecule has 5 heteroatoms. The molecule has 1 heterocycles. The Bertz CT molecular complexity index is 575. The fourth-order valence-corrected chi connectivity index (χ4v) is 3.01. The van der Waals surface area contributed by atoms with E-state index in [9.17, 15) is 0 Å². The molecular weight excluding hydrogens is 316 g/mol. The summed E-state index contributed by atoms with van der Waals surface area (Å²) in [6.07, 6.45) is 2.26. The summed E-state index contributed by atoms with van der Waals surface area (Å²) in [5, 5.41) is 4.29. The van der Waals surface area contributed by atoms with Gasteiger partial charge in [-0.2, -0.15) is 5.10 Å². The Morgan fingerprint density at radius 1 is 1.35 bits per heavy atom. The van der Waals surface area contributed by atoms with Crippen molar-refractivity contribution in [2.75, 3.05) is 0 Å². The first-order chi connectivity index (χ1) is 9.40. The number of aromatic nitrogens is 3. The van der Waals surface area contributed by atoms with Crippen molar-refractivity contribution in [1.29, 1.82) is 0 Å². The Labute approximate surface area is 128 Å². The molecule has 0 aliphatic rings. The van der Waals surface area contributed by atoms with Gasteiger partial charge < -0.3 is 5.73 Å². The van der Waals surface area contributed by atoms with Crippen LogP contribution in [-0.4, -0.2) is 14.8 Å². The van der Waals surface area contributed by atoms with E-state index in [0.717, 1.165) is 22.4 Å². The van der Waals surface area contributed by atoms with Crippen LogP contribution in [0.15, 0.2) is 35.1 Å². The van der Waals surface area contributed by atoms with Gasteiger partial charge in [-0.3, -0.25) is 0 Å². The Balaban J connectivity index is 2.25. The lowest BCUT2D eigenvalue weighted by Crippen LogP contribution is -2.37. The van der Waals surface area contributed by atoms with Crippen LogP contribution in [0.5, 0.6) is 0 Å². The number of halogens is 1. The molecule has 0 saturated carbocycles. The van der Waals surface area contributed by atoms with Gasteiger partial charge in [-0.25, -0.2) is 9.67 Å². The van der Waals surface area contributed by atoms with Crippen LogP contribution in [-0.2, 0) is 18.5 Å². The second-order valence-electron chi connectivity index (χ2n) is 5.83. The maximum absolute atomic E-state index is 6.52. The normalized spacial score (nSPS) is 14.5. The summed E-state index contributed by atoms with van der Waals surface area (Å²) in [7, 11) is 0. The molecule has 2 N–H and O–H groups in total. The van der Waals surface area contributed by atoms with Crippen LogP contribution in [0.3, 0.4) is 0 Å². The summed E-state index contributed by atoms with van der Waals surface area (Å²) in [6, 6.07) is 8.06. The fraction of sp³-hybridized carbons (Fsp3) is 0.467. The van der Waals surface area contributed by atoms with Gasteiger partial charge in [0.1, 0.15) is 12.2 Å². The van der Waals surface area contributed by atoms with Crippen LogP contribution < -0.4 is 5.73 Å². The van der Waals surface area contributed by atoms with Gasteiger partial charge in [0, 0.05) is 23.0 Å². The first-order valence-electron chi connectivity index (χ1n) is 6.80. The Hall–Kier alpha value is -1.20. The SMILES string of the molecule is CC(C)Cn1ncnc1CC(C)(N)c1ccccc1Br. The highest BCUT2D eigenvalue weighted by molar-refractivity contribution is 9.10. The summed E-state index contributed by atoms with van der Waals surface area (Å²) >= 11 is 3.57. The monoisotopic (exact) mass is 336 g/mol. The maximum Gasteiger partial charge on any atom is 0.138 e. The van der Waals surface area contributed by atoms with Crippen LogP contribution in [0.25, 0.3) is 0 Å². The first kappa shape index (κ1) is 15.2. The molecule has 0 radical (unpaired) electrons. The fourth-order valence-electron chi connectivity index (χ4n) is 2.27. The van der Waals surface area contributed by atoms with Gasteiger partial charge in [0.2, 0.25) is 0 Å². The van der Waals surface area contributed by atoms with Gasteiger partial charge in [-0.15, -0.1) is 0 Å². The van der Waals surface area contributed by atoms with E-state index in [4.69, 9.17) is 5.73 Å². The molecule has 1 aromatic heterocycles. The average Bonchev–Trinajstić information content (AvgIpc) is 2.75. The van der Waals surface area contributed by atoms with Crippen molar-refractivity contribution in [3.63, 3.8) is 0 Å². The second kappa shape index (κ2) is 6.06. The van der Waals surface area contributed by atoms with Gasteiger partial charge in [0.15, 0.2) is 0 Å². The third-order valence-corrected chi connectivity index (χ3v) is 3.94. The molecule has 1 unspecified atom stereocenters. The lowest BCUT2D eigenvalue weighted by molar-refractivity contribution is 0.421. The standard InChI is InChI=1S/C15H21BrN4/c1-11(2)9-20-14(18-10-19-20)8-15(3,17)12-6-4-5-7-13(12)16/h4-7,10-11H,8-9,17H2,1-3H3. The number of hydrogen-bond donors (Lipinski definition) is 1. The summed E-state index contributed by atoms with van der Waals surface area (Å²) in [5.41, 5.74) is 7.12. The molecule has 0 fully saturated rings. The molecule has 4 nitrogen and oxygen atoms in total. The van der Waals surface area contributed by atoms with Crippen molar-refractivity contribution in [3.8, 4) is 0 Å². The number of nitrogens with zero attached hydrogens (tertiary/aromatic N) is 3. The number of rotatable bonds is 5. The molecule has 1 aromatic carbocycles. The largest absolute Gasteiger partial charge is 0.321 e. The van der Waals surface area contributed by atoms with Crippen LogP contribution in [0, 0.1) is 5.92 Å². The molecule has 1 atom stereocenters. The van der Waals surface area contributed by atoms with Crippen molar-refractivity contribution in [2.45, 2.75) is 39.3 Å². The molecule has 20 heavy (non-hydrogen) atoms. The number of nitrogens with two attached hydrogens (primary N) is 1. The zero-order valence-corrected chi connectivity index (χ0v) is 13.8. The Morgan fingerprint density at radius 3 is 2.70 bits per heavy atom. The number of benzene rings is 1. The minimum absolute atomic E-state index is 0.484. The molecule has 0 amide bonds. The van der Waals surface area contributed by atoms with Crippen LogP contribution in [0.1, 0.15) is 32.2 Å². The zero-order valence-electron chi connectivity index (χ0n) is 12.2. The Kier molecular flexibility index (Phi) is 4.60. The van der Waals surface area contributed by atoms with E-state index in [1.165, 1.54) is 0 Å². The lowest BCUT2D eigenvalue weighted by Gasteiger charge is -2.26. The van der Waals surface area contributed by atoms with E-state index in [-0.39, 0.29) is 0 Å². The topological polar surface area (TPSA) is 56.7 Å². The zero-order chi connectivity index (χ0) is 14.8. The molecule has 0 aliphatic heterocycles. The molecule has 108 valence electrons. The maximum atomic E-state index is 6.52. The van der Waals surface area contributed by atoms with E-state index in [2.05, 4.69) is 39.9 Å². The second-order valence-corrected chi connectivity index (χ2v) is 6.68. The van der Waals surface area contributed by atoms with Gasteiger partial charge in [0.25, 0.3) is 0 Å². The predicted molar refractivity (Wildman–Crippen MR) is 84.2 cm³/mol. The highest BCUT2D eigenvalue weighted by atomic mass is 79.9. The van der Waals surface area contributed by atoms with Crippen molar-refractivity contribution in [3.05, 3.63) is 46.5 Å². The van der Waals surface area contributed by atoms with Gasteiger partial charge >= 0.3 is 0 Å². The van der Waals surface area contributed by atoms with E-state index >= 15 is 0 Å². The minimum Gasteiger partial charge on any atom is -0.321 e. The van der Waals surface area contributed by atoms with Gasteiger partial charge in [0.05, 0.1) is 0 Å². The van der Waals surface area contributed by atoms with Crippen LogP contribution >= 0.6 is 15.9 Å². The first-order valence-corrected chi connectivity index (χ1v) is 7.60. The molecule has 0 saturated heterocycles. The molecule has 0 aliphatic carbocycles. The molecule has 2 rings (SSSR count). The van der Waals surface area contributed by atoms with Crippen LogP contribution in [0.2, 0.25) is 0 Å². The van der Waals surface area contributed by atoms with E-state index < -0.39 is 5.54 Å². The third-order valence-electron chi connectivity index (χ3n) is 3.25. The summed E-state index contributed by atoms with van der Waals surface area (Å²) in [4.78, 5) is 4.37. The van der Waals surface area contributed by atoms with Gasteiger partial charge in [-0.05, 0) is 24.5 Å². The van der Waals surface area contributed by atoms with Crippen molar-refractivity contribution in [2.24, 2.45) is 11.7 Å². The Morgan fingerprint density at radius 2 is 2.05 bits per heavy atom. The predicted octanol–water partition coefficient (Wildman–Crippen LogP) is 3.11. The number of hydrogen-bond acceptors (Lipinski definition) is 3. The van der Waals surface area contributed by atoms with E-state index in [1.807, 2.05) is 35.9 Å². The van der Waals surface area contributed by atoms with E-state index in [0.29, 0.717) is 12.3 Å². The lowest BCUT2D eigenvalue weighted by atomic mass is 9.89. The van der Waals surface area contributed by atoms with Crippen LogP contribution in [0.4, 0.5) is 0 Å². The molecule has 2 aromatic rings. The van der Waals surface area contributed by atoms with Crippen molar-refractivity contribution < 1.29 is 0 Å². The highest BCUT2D eigenvalue weighted by Crippen LogP contribution is 2.28.